The lowest BCUT2D eigenvalue weighted by atomic mass is 10.1. The number of primary sulfonamides is 1. The summed E-state index contributed by atoms with van der Waals surface area (Å²) in [4.78, 5) is 25.4. The number of anilines is 1. The van der Waals surface area contributed by atoms with Crippen LogP contribution in [0.25, 0.3) is 0 Å². The molecular weight excluding hydrogens is 363 g/mol. The molecule has 0 radical (unpaired) electrons. The second-order valence-electron chi connectivity index (χ2n) is 4.77. The minimum absolute atomic E-state index is 0.0769. The lowest BCUT2D eigenvalue weighted by Gasteiger charge is -2.18. The molecule has 118 valence electrons. The molecule has 1 heterocycles. The molecule has 2 amide bonds. The molecule has 2 aromatic rings. The van der Waals surface area contributed by atoms with Gasteiger partial charge in [0.25, 0.3) is 11.8 Å². The van der Waals surface area contributed by atoms with Gasteiger partial charge in [-0.15, -0.1) is 0 Å². The highest BCUT2D eigenvalue weighted by Gasteiger charge is 2.38. The summed E-state index contributed by atoms with van der Waals surface area (Å²) in [7, 11) is -4.03. The van der Waals surface area contributed by atoms with E-state index in [4.69, 9.17) is 28.3 Å². The van der Waals surface area contributed by atoms with Crippen molar-refractivity contribution < 1.29 is 18.0 Å². The van der Waals surface area contributed by atoms with Gasteiger partial charge in [-0.05, 0) is 24.3 Å². The molecule has 0 aliphatic carbocycles. The Morgan fingerprint density at radius 1 is 0.913 bits per heavy atom. The Balaban J connectivity index is 2.18. The third-order valence-corrected chi connectivity index (χ3v) is 4.81. The third kappa shape index (κ3) is 2.51. The van der Waals surface area contributed by atoms with E-state index in [0.29, 0.717) is 0 Å². The first-order valence-electron chi connectivity index (χ1n) is 6.21. The van der Waals surface area contributed by atoms with Crippen molar-refractivity contribution in [1.82, 2.24) is 0 Å². The van der Waals surface area contributed by atoms with E-state index in [1.54, 1.807) is 12.1 Å². The minimum Gasteiger partial charge on any atom is -0.268 e. The van der Waals surface area contributed by atoms with Gasteiger partial charge in [-0.2, -0.15) is 0 Å². The molecule has 1 aliphatic heterocycles. The van der Waals surface area contributed by atoms with Gasteiger partial charge in [-0.25, -0.2) is 18.5 Å². The molecule has 1 aliphatic rings. The number of carbonyl (C=O) groups is 2. The topological polar surface area (TPSA) is 97.5 Å². The Hall–Kier alpha value is -1.93. The van der Waals surface area contributed by atoms with Crippen molar-refractivity contribution in [3.63, 3.8) is 0 Å². The van der Waals surface area contributed by atoms with Crippen LogP contribution in [0.1, 0.15) is 20.7 Å². The average Bonchev–Trinajstić information content (AvgIpc) is 2.71. The Bertz CT molecular complexity index is 914. The number of halogens is 2. The van der Waals surface area contributed by atoms with E-state index in [-0.39, 0.29) is 31.8 Å². The monoisotopic (exact) mass is 370 g/mol. The smallest absolute Gasteiger partial charge is 0.266 e. The molecule has 0 atom stereocenters. The van der Waals surface area contributed by atoms with Crippen LogP contribution in [0.3, 0.4) is 0 Å². The summed E-state index contributed by atoms with van der Waals surface area (Å²) in [6.07, 6.45) is 0. The number of hydrogen-bond donors (Lipinski definition) is 1. The predicted octanol–water partition coefficient (Wildman–Crippen LogP) is 2.44. The molecule has 2 aromatic carbocycles. The molecular formula is C14H8Cl2N2O4S. The lowest BCUT2D eigenvalue weighted by molar-refractivity contribution is 0.0926. The number of nitrogens with two attached hydrogens (primary N) is 1. The molecule has 0 aromatic heterocycles. The zero-order valence-electron chi connectivity index (χ0n) is 11.3. The molecule has 23 heavy (non-hydrogen) atoms. The van der Waals surface area contributed by atoms with E-state index in [1.165, 1.54) is 12.1 Å². The highest BCUT2D eigenvalue weighted by molar-refractivity contribution is 7.89. The van der Waals surface area contributed by atoms with Gasteiger partial charge in [-0.1, -0.05) is 35.3 Å². The van der Waals surface area contributed by atoms with Crippen LogP contribution in [0.5, 0.6) is 0 Å². The van der Waals surface area contributed by atoms with Crippen LogP contribution in [-0.4, -0.2) is 20.2 Å². The van der Waals surface area contributed by atoms with Crippen LogP contribution >= 0.6 is 23.2 Å². The number of hydrogen-bond acceptors (Lipinski definition) is 4. The normalized spacial score (nSPS) is 14.3. The number of rotatable bonds is 2. The van der Waals surface area contributed by atoms with Crippen molar-refractivity contribution >= 4 is 50.7 Å². The molecule has 0 fully saturated rings. The molecule has 0 saturated heterocycles. The summed E-state index contributed by atoms with van der Waals surface area (Å²) in [6, 6.07) is 8.36. The maximum absolute atomic E-state index is 12.4. The first-order valence-corrected chi connectivity index (χ1v) is 8.51. The highest BCUT2D eigenvalue weighted by atomic mass is 35.5. The number of fused-ring (bicyclic) bond motifs is 1. The van der Waals surface area contributed by atoms with Gasteiger partial charge in [0.2, 0.25) is 10.0 Å². The van der Waals surface area contributed by atoms with Crippen molar-refractivity contribution in [3.05, 3.63) is 57.6 Å². The Morgan fingerprint density at radius 3 is 1.74 bits per heavy atom. The van der Waals surface area contributed by atoms with Crippen LogP contribution in [0.15, 0.2) is 41.3 Å². The number of amides is 2. The van der Waals surface area contributed by atoms with Gasteiger partial charge >= 0.3 is 0 Å². The zero-order valence-corrected chi connectivity index (χ0v) is 13.6. The summed E-state index contributed by atoms with van der Waals surface area (Å²) in [5.41, 5.74) is 0.368. The summed E-state index contributed by atoms with van der Waals surface area (Å²) in [6.45, 7) is 0. The number of carbonyl (C=O) groups excluding carboxylic acids is 2. The van der Waals surface area contributed by atoms with Gasteiger partial charge in [0.05, 0.1) is 31.8 Å². The molecule has 0 unspecified atom stereocenters. The predicted molar refractivity (Wildman–Crippen MR) is 85.4 cm³/mol. The first kappa shape index (κ1) is 15.9. The van der Waals surface area contributed by atoms with Crippen molar-refractivity contribution in [1.29, 1.82) is 0 Å². The zero-order chi connectivity index (χ0) is 16.9. The second kappa shape index (κ2) is 5.31. The molecule has 0 spiro atoms. The van der Waals surface area contributed by atoms with E-state index in [9.17, 15) is 18.0 Å². The fourth-order valence-electron chi connectivity index (χ4n) is 2.31. The first-order chi connectivity index (χ1) is 10.7. The molecule has 9 heteroatoms. The van der Waals surface area contributed by atoms with Crippen molar-refractivity contribution in [3.8, 4) is 0 Å². The van der Waals surface area contributed by atoms with Crippen molar-refractivity contribution in [2.24, 2.45) is 5.14 Å². The molecule has 0 bridgehead atoms. The van der Waals surface area contributed by atoms with E-state index < -0.39 is 21.8 Å². The van der Waals surface area contributed by atoms with Crippen LogP contribution < -0.4 is 10.0 Å². The Labute approximate surface area is 141 Å². The standard InChI is InChI=1S/C14H8Cl2N2O4S/c15-10-5-7(23(17,21)22)6-11(16)12(10)18-13(19)8-3-1-2-4-9(8)14(18)20/h1-6H,(H2,17,21,22). The van der Waals surface area contributed by atoms with Gasteiger partial charge in [0, 0.05) is 0 Å². The largest absolute Gasteiger partial charge is 0.268 e. The van der Waals surface area contributed by atoms with E-state index >= 15 is 0 Å². The van der Waals surface area contributed by atoms with Crippen molar-refractivity contribution in [2.45, 2.75) is 4.90 Å². The summed E-state index contributed by atoms with van der Waals surface area (Å²) < 4.78 is 22.8. The number of nitrogens with zero attached hydrogens (tertiary/aromatic N) is 1. The van der Waals surface area contributed by atoms with E-state index in [1.807, 2.05) is 0 Å². The van der Waals surface area contributed by atoms with Gasteiger partial charge in [0.15, 0.2) is 0 Å². The van der Waals surface area contributed by atoms with E-state index in [2.05, 4.69) is 0 Å². The van der Waals surface area contributed by atoms with Crippen LogP contribution in [0.2, 0.25) is 10.0 Å². The highest BCUT2D eigenvalue weighted by Crippen LogP contribution is 2.40. The number of sulfonamides is 1. The molecule has 3 rings (SSSR count). The quantitative estimate of drug-likeness (QED) is 0.820. The Morgan fingerprint density at radius 2 is 1.35 bits per heavy atom. The fraction of sp³-hybridized carbons (Fsp3) is 0. The third-order valence-electron chi connectivity index (χ3n) is 3.34. The number of imide groups is 1. The van der Waals surface area contributed by atoms with Gasteiger partial charge in [-0.3, -0.25) is 9.59 Å². The minimum atomic E-state index is -4.03. The molecule has 2 N–H and O–H groups in total. The van der Waals surface area contributed by atoms with Gasteiger partial charge < -0.3 is 0 Å². The lowest BCUT2D eigenvalue weighted by Crippen LogP contribution is -2.30. The van der Waals surface area contributed by atoms with Crippen LogP contribution in [0, 0.1) is 0 Å². The average molecular weight is 371 g/mol. The summed E-state index contributed by atoms with van der Waals surface area (Å²) in [5.74, 6) is -1.17. The maximum atomic E-state index is 12.4. The fourth-order valence-corrected chi connectivity index (χ4v) is 3.66. The Kier molecular flexibility index (Phi) is 3.68. The number of benzene rings is 2. The van der Waals surface area contributed by atoms with E-state index in [0.717, 1.165) is 17.0 Å². The summed E-state index contributed by atoms with van der Waals surface area (Å²) >= 11 is 12.1. The van der Waals surface area contributed by atoms with Crippen LogP contribution in [0.4, 0.5) is 5.69 Å². The van der Waals surface area contributed by atoms with Crippen LogP contribution in [-0.2, 0) is 10.0 Å². The van der Waals surface area contributed by atoms with Crippen molar-refractivity contribution in [2.75, 3.05) is 4.90 Å². The SMILES string of the molecule is NS(=O)(=O)c1cc(Cl)c(N2C(=O)c3ccccc3C2=O)c(Cl)c1. The molecule has 6 nitrogen and oxygen atoms in total. The maximum Gasteiger partial charge on any atom is 0.266 e. The summed E-state index contributed by atoms with van der Waals surface area (Å²) in [5, 5.41) is 4.69. The molecule has 0 saturated carbocycles. The second-order valence-corrected chi connectivity index (χ2v) is 7.15. The van der Waals surface area contributed by atoms with Gasteiger partial charge in [0.1, 0.15) is 0 Å².